The average molecular weight is 379 g/mol. The van der Waals surface area contributed by atoms with E-state index in [2.05, 4.69) is 15.4 Å². The number of benzene rings is 1. The van der Waals surface area contributed by atoms with E-state index in [1.807, 2.05) is 58.0 Å². The van der Waals surface area contributed by atoms with Crippen LogP contribution in [-0.2, 0) is 17.8 Å². The summed E-state index contributed by atoms with van der Waals surface area (Å²) in [6.45, 7) is 7.63. The highest BCUT2D eigenvalue weighted by atomic mass is 16.2. The fourth-order valence-electron chi connectivity index (χ4n) is 3.13. The molecule has 0 aliphatic carbocycles. The third kappa shape index (κ3) is 4.36. The van der Waals surface area contributed by atoms with E-state index in [1.165, 1.54) is 10.6 Å². The second kappa shape index (κ2) is 8.21. The second-order valence-corrected chi connectivity index (χ2v) is 6.98. The van der Waals surface area contributed by atoms with Crippen molar-refractivity contribution in [2.45, 2.75) is 47.1 Å². The molecule has 146 valence electrons. The van der Waals surface area contributed by atoms with Gasteiger partial charge in [-0.15, -0.1) is 0 Å². The Morgan fingerprint density at radius 2 is 1.93 bits per heavy atom. The molecule has 3 rings (SSSR count). The van der Waals surface area contributed by atoms with E-state index in [1.54, 1.807) is 4.68 Å². The molecule has 1 amide bonds. The number of anilines is 1. The molecule has 28 heavy (non-hydrogen) atoms. The highest BCUT2D eigenvalue weighted by Gasteiger charge is 2.16. The lowest BCUT2D eigenvalue weighted by molar-refractivity contribution is -0.116. The molecule has 1 N–H and O–H groups in total. The van der Waals surface area contributed by atoms with Gasteiger partial charge in [-0.2, -0.15) is 5.10 Å². The fraction of sp³-hybridized carbons (Fsp3) is 0.333. The molecular formula is C21H25N5O2. The van der Waals surface area contributed by atoms with Crippen LogP contribution >= 0.6 is 0 Å². The van der Waals surface area contributed by atoms with Crippen LogP contribution in [0.4, 0.5) is 5.69 Å². The van der Waals surface area contributed by atoms with E-state index in [-0.39, 0.29) is 18.0 Å². The molecule has 0 bridgehead atoms. The van der Waals surface area contributed by atoms with Gasteiger partial charge in [-0.1, -0.05) is 25.5 Å². The molecule has 3 aromatic rings. The minimum Gasteiger partial charge on any atom is -0.325 e. The third-order valence-electron chi connectivity index (χ3n) is 4.35. The van der Waals surface area contributed by atoms with Crippen molar-refractivity contribution >= 4 is 11.6 Å². The summed E-state index contributed by atoms with van der Waals surface area (Å²) >= 11 is 0. The van der Waals surface area contributed by atoms with Crippen molar-refractivity contribution in [3.8, 4) is 5.95 Å². The molecule has 7 nitrogen and oxygen atoms in total. The lowest BCUT2D eigenvalue weighted by atomic mass is 10.2. The molecule has 0 fully saturated rings. The van der Waals surface area contributed by atoms with Crippen LogP contribution in [0.1, 0.15) is 36.0 Å². The van der Waals surface area contributed by atoms with Crippen LogP contribution in [0.25, 0.3) is 5.95 Å². The highest BCUT2D eigenvalue weighted by Crippen LogP contribution is 2.12. The molecule has 0 aliphatic heterocycles. The predicted molar refractivity (Wildman–Crippen MR) is 109 cm³/mol. The molecule has 2 aromatic heterocycles. The Morgan fingerprint density at radius 3 is 2.57 bits per heavy atom. The minimum absolute atomic E-state index is 0.139. The third-order valence-corrected chi connectivity index (χ3v) is 4.35. The number of amides is 1. The summed E-state index contributed by atoms with van der Waals surface area (Å²) in [6, 6.07) is 10.9. The topological polar surface area (TPSA) is 81.8 Å². The molecule has 0 unspecified atom stereocenters. The van der Waals surface area contributed by atoms with Gasteiger partial charge in [0.05, 0.1) is 5.69 Å². The zero-order chi connectivity index (χ0) is 20.3. The van der Waals surface area contributed by atoms with E-state index in [4.69, 9.17) is 0 Å². The van der Waals surface area contributed by atoms with E-state index >= 15 is 0 Å². The van der Waals surface area contributed by atoms with Gasteiger partial charge in [-0.05, 0) is 51.0 Å². The van der Waals surface area contributed by atoms with Crippen LogP contribution in [0.2, 0.25) is 0 Å². The molecule has 0 radical (unpaired) electrons. The van der Waals surface area contributed by atoms with Crippen LogP contribution in [0.5, 0.6) is 0 Å². The number of carbonyl (C=O) groups is 1. The zero-order valence-corrected chi connectivity index (χ0v) is 16.7. The quantitative estimate of drug-likeness (QED) is 0.714. The summed E-state index contributed by atoms with van der Waals surface area (Å²) in [5.41, 5.74) is 3.85. The lowest BCUT2D eigenvalue weighted by Gasteiger charge is -2.14. The van der Waals surface area contributed by atoms with Gasteiger partial charge in [-0.25, -0.2) is 9.67 Å². The van der Waals surface area contributed by atoms with E-state index in [0.717, 1.165) is 23.4 Å². The normalized spacial score (nSPS) is 10.9. The largest absolute Gasteiger partial charge is 0.325 e. The number of carbonyl (C=O) groups excluding carboxylic acids is 1. The van der Waals surface area contributed by atoms with Crippen molar-refractivity contribution < 1.29 is 4.79 Å². The van der Waals surface area contributed by atoms with Crippen LogP contribution < -0.4 is 10.9 Å². The van der Waals surface area contributed by atoms with Crippen LogP contribution in [0, 0.1) is 20.8 Å². The Bertz CT molecular complexity index is 1060. The van der Waals surface area contributed by atoms with Gasteiger partial charge in [0.15, 0.2) is 0 Å². The molecule has 0 saturated carbocycles. The van der Waals surface area contributed by atoms with E-state index < -0.39 is 0 Å². The van der Waals surface area contributed by atoms with Crippen molar-refractivity contribution in [1.82, 2.24) is 19.3 Å². The SMILES string of the molecule is CCCc1cc(=O)n(CC(=O)Nc2cccc(C)c2)c(-n2nc(C)cc2C)n1. The van der Waals surface area contributed by atoms with Crippen LogP contribution in [-0.4, -0.2) is 25.2 Å². The van der Waals surface area contributed by atoms with Gasteiger partial charge >= 0.3 is 0 Å². The van der Waals surface area contributed by atoms with Gasteiger partial charge in [0.25, 0.3) is 5.56 Å². The smallest absolute Gasteiger partial charge is 0.255 e. The Kier molecular flexibility index (Phi) is 5.73. The van der Waals surface area contributed by atoms with Crippen molar-refractivity contribution in [2.75, 3.05) is 5.32 Å². The van der Waals surface area contributed by atoms with Gasteiger partial charge in [0.2, 0.25) is 11.9 Å². The number of aromatic nitrogens is 4. The van der Waals surface area contributed by atoms with Crippen molar-refractivity contribution in [2.24, 2.45) is 0 Å². The van der Waals surface area contributed by atoms with Gasteiger partial charge in [0.1, 0.15) is 6.54 Å². The second-order valence-electron chi connectivity index (χ2n) is 6.98. The summed E-state index contributed by atoms with van der Waals surface area (Å²) in [5.74, 6) is 0.0708. The first-order chi connectivity index (χ1) is 13.4. The lowest BCUT2D eigenvalue weighted by Crippen LogP contribution is -2.32. The van der Waals surface area contributed by atoms with Gasteiger partial charge in [0, 0.05) is 23.1 Å². The maximum atomic E-state index is 12.8. The number of aryl methyl sites for hydroxylation is 4. The summed E-state index contributed by atoms with van der Waals surface area (Å²) in [5, 5.41) is 7.29. The summed E-state index contributed by atoms with van der Waals surface area (Å²) < 4.78 is 2.99. The standard InChI is InChI=1S/C21H25N5O2/c1-5-7-17-12-20(28)25(21(23-17)26-16(4)11-15(3)24-26)13-19(27)22-18-9-6-8-14(2)10-18/h6,8-12H,5,7,13H2,1-4H3,(H,22,27). The molecule has 0 atom stereocenters. The fourth-order valence-corrected chi connectivity index (χ4v) is 3.13. The summed E-state index contributed by atoms with van der Waals surface area (Å²) in [7, 11) is 0. The Balaban J connectivity index is 1.98. The predicted octanol–water partition coefficient (Wildman–Crippen LogP) is 2.95. The average Bonchev–Trinajstić information content (AvgIpc) is 2.95. The Morgan fingerprint density at radius 1 is 1.14 bits per heavy atom. The first kappa shape index (κ1) is 19.5. The number of hydrogen-bond acceptors (Lipinski definition) is 4. The van der Waals surface area contributed by atoms with Gasteiger partial charge in [-0.3, -0.25) is 14.2 Å². The van der Waals surface area contributed by atoms with E-state index in [9.17, 15) is 9.59 Å². The van der Waals surface area contributed by atoms with Crippen molar-refractivity contribution in [3.05, 3.63) is 69.4 Å². The number of nitrogens with zero attached hydrogens (tertiary/aromatic N) is 4. The highest BCUT2D eigenvalue weighted by molar-refractivity contribution is 5.90. The van der Waals surface area contributed by atoms with Crippen molar-refractivity contribution in [1.29, 1.82) is 0 Å². The minimum atomic E-state index is -0.291. The first-order valence-corrected chi connectivity index (χ1v) is 9.38. The molecule has 1 aromatic carbocycles. The summed E-state index contributed by atoms with van der Waals surface area (Å²) in [4.78, 5) is 30.0. The Hall–Kier alpha value is -3.22. The number of hydrogen-bond donors (Lipinski definition) is 1. The molecule has 2 heterocycles. The Labute approximate surface area is 164 Å². The molecule has 0 saturated heterocycles. The molecule has 0 aliphatic rings. The maximum Gasteiger partial charge on any atom is 0.255 e. The monoisotopic (exact) mass is 379 g/mol. The first-order valence-electron chi connectivity index (χ1n) is 9.38. The van der Waals surface area contributed by atoms with Crippen LogP contribution in [0.15, 0.2) is 41.2 Å². The number of nitrogens with one attached hydrogen (secondary N) is 1. The van der Waals surface area contributed by atoms with Crippen LogP contribution in [0.3, 0.4) is 0 Å². The summed E-state index contributed by atoms with van der Waals surface area (Å²) in [6.07, 6.45) is 1.57. The van der Waals surface area contributed by atoms with Gasteiger partial charge < -0.3 is 5.32 Å². The molecule has 7 heteroatoms. The zero-order valence-electron chi connectivity index (χ0n) is 16.7. The molecular weight excluding hydrogens is 354 g/mol. The molecule has 0 spiro atoms. The maximum absolute atomic E-state index is 12.8. The van der Waals surface area contributed by atoms with Crippen molar-refractivity contribution in [3.63, 3.8) is 0 Å². The number of rotatable bonds is 6. The van der Waals surface area contributed by atoms with E-state index in [0.29, 0.717) is 23.8 Å².